The number of rotatable bonds is 6. The summed E-state index contributed by atoms with van der Waals surface area (Å²) in [5.74, 6) is 1.53. The third-order valence-corrected chi connectivity index (χ3v) is 4.31. The van der Waals surface area contributed by atoms with Crippen molar-refractivity contribution in [1.82, 2.24) is 20.4 Å². The van der Waals surface area contributed by atoms with Crippen LogP contribution in [-0.2, 0) is 0 Å². The molecule has 1 amide bonds. The number of anilines is 1. The van der Waals surface area contributed by atoms with Gasteiger partial charge < -0.3 is 14.7 Å². The van der Waals surface area contributed by atoms with Crippen molar-refractivity contribution in [3.63, 3.8) is 0 Å². The molecule has 1 N–H and O–H groups in total. The first-order valence-electron chi connectivity index (χ1n) is 8.97. The number of nitrogens with zero attached hydrogens (tertiary/aromatic N) is 4. The molecule has 0 atom stereocenters. The molecule has 134 valence electrons. The summed E-state index contributed by atoms with van der Waals surface area (Å²) < 4.78 is 5.12. The van der Waals surface area contributed by atoms with Crippen molar-refractivity contribution < 1.29 is 9.32 Å². The van der Waals surface area contributed by atoms with Gasteiger partial charge in [-0.2, -0.15) is 4.98 Å². The quantitative estimate of drug-likeness (QED) is 0.868. The molecule has 0 aliphatic carbocycles. The van der Waals surface area contributed by atoms with Crippen molar-refractivity contribution in [2.75, 3.05) is 24.5 Å². The lowest BCUT2D eigenvalue weighted by molar-refractivity contribution is 0.0908. The van der Waals surface area contributed by atoms with E-state index in [1.807, 2.05) is 12.1 Å². The fourth-order valence-corrected chi connectivity index (χ4v) is 2.84. The van der Waals surface area contributed by atoms with E-state index in [0.717, 1.165) is 30.9 Å². The zero-order valence-electron chi connectivity index (χ0n) is 14.9. The van der Waals surface area contributed by atoms with Crippen molar-refractivity contribution in [3.05, 3.63) is 24.2 Å². The van der Waals surface area contributed by atoms with Gasteiger partial charge in [-0.3, -0.25) is 4.79 Å². The van der Waals surface area contributed by atoms with Crippen molar-refractivity contribution >= 4 is 11.7 Å². The van der Waals surface area contributed by atoms with Crippen molar-refractivity contribution in [1.29, 1.82) is 0 Å². The van der Waals surface area contributed by atoms with Gasteiger partial charge in [-0.05, 0) is 43.7 Å². The Morgan fingerprint density at radius 2 is 2.12 bits per heavy atom. The molecule has 2 aromatic rings. The minimum Gasteiger partial charge on any atom is -0.357 e. The number of piperidine rings is 1. The predicted molar refractivity (Wildman–Crippen MR) is 95.4 cm³/mol. The van der Waals surface area contributed by atoms with E-state index in [1.54, 1.807) is 6.20 Å². The van der Waals surface area contributed by atoms with Crippen LogP contribution >= 0.6 is 0 Å². The molecule has 0 saturated carbocycles. The van der Waals surface area contributed by atoms with Gasteiger partial charge in [0.1, 0.15) is 5.82 Å². The third-order valence-electron chi connectivity index (χ3n) is 4.31. The Hall–Kier alpha value is -2.44. The van der Waals surface area contributed by atoms with Crippen LogP contribution in [0.4, 0.5) is 5.82 Å². The van der Waals surface area contributed by atoms with E-state index in [2.05, 4.69) is 39.2 Å². The van der Waals surface area contributed by atoms with E-state index in [9.17, 15) is 4.79 Å². The van der Waals surface area contributed by atoms with Gasteiger partial charge in [-0.25, -0.2) is 4.98 Å². The van der Waals surface area contributed by atoms with Crippen molar-refractivity contribution in [3.8, 4) is 11.4 Å². The molecule has 1 fully saturated rings. The standard InChI is InChI=1S/C18H25N5O2/c1-13(2)6-8-20-17(24)18-21-16(22-25-18)14-7-9-19-15(12-14)23-10-4-3-5-11-23/h7,9,12-13H,3-6,8,10-11H2,1-2H3,(H,20,24). The summed E-state index contributed by atoms with van der Waals surface area (Å²) in [4.78, 5) is 23.0. The molecule has 3 rings (SSSR count). The van der Waals surface area contributed by atoms with Crippen LogP contribution in [0.3, 0.4) is 0 Å². The molecule has 2 aromatic heterocycles. The monoisotopic (exact) mass is 343 g/mol. The van der Waals surface area contributed by atoms with E-state index in [-0.39, 0.29) is 11.8 Å². The summed E-state index contributed by atoms with van der Waals surface area (Å²) in [6, 6.07) is 3.79. The van der Waals surface area contributed by atoms with Crippen LogP contribution in [0.2, 0.25) is 0 Å². The molecule has 1 saturated heterocycles. The molecule has 0 aromatic carbocycles. The highest BCUT2D eigenvalue weighted by atomic mass is 16.5. The Morgan fingerprint density at radius 3 is 2.88 bits per heavy atom. The zero-order chi connectivity index (χ0) is 17.6. The number of carbonyl (C=O) groups is 1. The molecule has 7 nitrogen and oxygen atoms in total. The van der Waals surface area contributed by atoms with E-state index in [0.29, 0.717) is 18.3 Å². The minimum absolute atomic E-state index is 0.00455. The van der Waals surface area contributed by atoms with Crippen LogP contribution in [-0.4, -0.2) is 40.7 Å². The molecule has 0 bridgehead atoms. The molecule has 1 aliphatic rings. The normalized spacial score (nSPS) is 14.8. The van der Waals surface area contributed by atoms with Gasteiger partial charge in [0.2, 0.25) is 5.82 Å². The Kier molecular flexibility index (Phi) is 5.63. The maximum Gasteiger partial charge on any atom is 0.316 e. The molecule has 1 aliphatic heterocycles. The van der Waals surface area contributed by atoms with E-state index < -0.39 is 0 Å². The number of amides is 1. The first-order valence-corrected chi connectivity index (χ1v) is 8.97. The summed E-state index contributed by atoms with van der Waals surface area (Å²) in [6.07, 6.45) is 6.31. The summed E-state index contributed by atoms with van der Waals surface area (Å²) >= 11 is 0. The first kappa shape index (κ1) is 17.4. The van der Waals surface area contributed by atoms with E-state index >= 15 is 0 Å². The highest BCUT2D eigenvalue weighted by molar-refractivity contribution is 5.89. The third kappa shape index (κ3) is 4.55. The Morgan fingerprint density at radius 1 is 1.32 bits per heavy atom. The molecular formula is C18H25N5O2. The molecule has 7 heteroatoms. The smallest absolute Gasteiger partial charge is 0.316 e. The average Bonchev–Trinajstić information content (AvgIpc) is 3.12. The van der Waals surface area contributed by atoms with Crippen LogP contribution < -0.4 is 10.2 Å². The number of hydrogen-bond acceptors (Lipinski definition) is 6. The number of aromatic nitrogens is 3. The Balaban J connectivity index is 1.68. The fourth-order valence-electron chi connectivity index (χ4n) is 2.84. The van der Waals surface area contributed by atoms with Gasteiger partial charge in [0.25, 0.3) is 0 Å². The predicted octanol–water partition coefficient (Wildman–Crippen LogP) is 2.90. The van der Waals surface area contributed by atoms with Crippen LogP contribution in [0.1, 0.15) is 50.2 Å². The number of hydrogen-bond donors (Lipinski definition) is 1. The molecule has 25 heavy (non-hydrogen) atoms. The van der Waals surface area contributed by atoms with E-state index in [1.165, 1.54) is 19.3 Å². The molecule has 0 unspecified atom stereocenters. The Bertz CT molecular complexity index is 707. The maximum absolute atomic E-state index is 12.1. The van der Waals surface area contributed by atoms with Crippen LogP contribution in [0.15, 0.2) is 22.9 Å². The molecule has 0 radical (unpaired) electrons. The average molecular weight is 343 g/mol. The summed E-state index contributed by atoms with van der Waals surface area (Å²) in [5, 5.41) is 6.75. The van der Waals surface area contributed by atoms with Crippen LogP contribution in [0.25, 0.3) is 11.4 Å². The van der Waals surface area contributed by atoms with Gasteiger partial charge in [0.05, 0.1) is 0 Å². The van der Waals surface area contributed by atoms with E-state index in [4.69, 9.17) is 4.52 Å². The number of pyridine rings is 1. The minimum atomic E-state index is -0.329. The Labute approximate surface area is 147 Å². The van der Waals surface area contributed by atoms with Crippen LogP contribution in [0, 0.1) is 5.92 Å². The highest BCUT2D eigenvalue weighted by Crippen LogP contribution is 2.23. The lowest BCUT2D eigenvalue weighted by atomic mass is 10.1. The van der Waals surface area contributed by atoms with Crippen molar-refractivity contribution in [2.24, 2.45) is 5.92 Å². The van der Waals surface area contributed by atoms with Crippen molar-refractivity contribution in [2.45, 2.75) is 39.5 Å². The maximum atomic E-state index is 12.1. The molecule has 0 spiro atoms. The second-order valence-electron chi connectivity index (χ2n) is 6.81. The molecule has 3 heterocycles. The lowest BCUT2D eigenvalue weighted by Crippen LogP contribution is -2.30. The van der Waals surface area contributed by atoms with Gasteiger partial charge >= 0.3 is 11.8 Å². The van der Waals surface area contributed by atoms with Gasteiger partial charge in [0.15, 0.2) is 0 Å². The SMILES string of the molecule is CC(C)CCNC(=O)c1nc(-c2ccnc(N3CCCCC3)c2)no1. The van der Waals surface area contributed by atoms with Gasteiger partial charge in [-0.15, -0.1) is 0 Å². The number of carbonyl (C=O) groups excluding carboxylic acids is 1. The lowest BCUT2D eigenvalue weighted by Gasteiger charge is -2.27. The number of nitrogens with one attached hydrogen (secondary N) is 1. The highest BCUT2D eigenvalue weighted by Gasteiger charge is 2.18. The van der Waals surface area contributed by atoms with Gasteiger partial charge in [-0.1, -0.05) is 19.0 Å². The second-order valence-corrected chi connectivity index (χ2v) is 6.81. The summed E-state index contributed by atoms with van der Waals surface area (Å²) in [7, 11) is 0. The first-order chi connectivity index (χ1) is 12.1. The topological polar surface area (TPSA) is 84.2 Å². The zero-order valence-corrected chi connectivity index (χ0v) is 14.9. The van der Waals surface area contributed by atoms with Crippen LogP contribution in [0.5, 0.6) is 0 Å². The summed E-state index contributed by atoms with van der Waals surface area (Å²) in [5.41, 5.74) is 0.806. The molecular weight excluding hydrogens is 318 g/mol. The fraction of sp³-hybridized carbons (Fsp3) is 0.556. The van der Waals surface area contributed by atoms with Gasteiger partial charge in [0, 0.05) is 31.4 Å². The second kappa shape index (κ2) is 8.09. The summed E-state index contributed by atoms with van der Waals surface area (Å²) in [6.45, 7) is 6.86. The largest absolute Gasteiger partial charge is 0.357 e.